The van der Waals surface area contributed by atoms with Crippen molar-refractivity contribution in [3.63, 3.8) is 0 Å². The van der Waals surface area contributed by atoms with E-state index in [0.717, 1.165) is 0 Å². The highest BCUT2D eigenvalue weighted by atomic mass is 19.4. The number of ether oxygens (including phenoxy) is 1. The summed E-state index contributed by atoms with van der Waals surface area (Å²) in [5.74, 6) is -1.93. The van der Waals surface area contributed by atoms with Gasteiger partial charge in [-0.2, -0.15) is 13.2 Å². The average molecular weight is 293 g/mol. The van der Waals surface area contributed by atoms with Crippen LogP contribution in [-0.4, -0.2) is 25.2 Å². The van der Waals surface area contributed by atoms with E-state index in [1.165, 1.54) is 7.11 Å². The van der Waals surface area contributed by atoms with Crippen molar-refractivity contribution in [2.24, 2.45) is 0 Å². The first-order valence-corrected chi connectivity index (χ1v) is 5.77. The summed E-state index contributed by atoms with van der Waals surface area (Å²) >= 11 is 0. The Balaban J connectivity index is 2.93. The number of methoxy groups -OCH3 is 1. The van der Waals surface area contributed by atoms with Gasteiger partial charge < -0.3 is 10.1 Å². The molecule has 7 heteroatoms. The van der Waals surface area contributed by atoms with Crippen LogP contribution in [0.15, 0.2) is 18.2 Å². The van der Waals surface area contributed by atoms with Crippen molar-refractivity contribution in [2.45, 2.75) is 25.6 Å². The normalized spacial score (nSPS) is 12.3. The number of carbonyl (C=O) groups excluding carboxylic acids is 1. The molecule has 112 valence electrons. The number of hydrogen-bond donors (Lipinski definition) is 1. The van der Waals surface area contributed by atoms with E-state index < -0.39 is 34.6 Å². The van der Waals surface area contributed by atoms with Crippen LogP contribution in [0.1, 0.15) is 29.8 Å². The van der Waals surface area contributed by atoms with Gasteiger partial charge in [0.2, 0.25) is 0 Å². The summed E-state index contributed by atoms with van der Waals surface area (Å²) in [6, 6.07) is 1.70. The second-order valence-electron chi connectivity index (χ2n) is 4.84. The van der Waals surface area contributed by atoms with Crippen molar-refractivity contribution < 1.29 is 27.1 Å². The first-order valence-electron chi connectivity index (χ1n) is 5.77. The second-order valence-corrected chi connectivity index (χ2v) is 4.84. The topological polar surface area (TPSA) is 38.3 Å². The van der Waals surface area contributed by atoms with Gasteiger partial charge in [-0.3, -0.25) is 4.79 Å². The number of alkyl halides is 3. The summed E-state index contributed by atoms with van der Waals surface area (Å²) in [6.45, 7) is 3.39. The van der Waals surface area contributed by atoms with Crippen LogP contribution in [0.2, 0.25) is 0 Å². The molecule has 0 fully saturated rings. The van der Waals surface area contributed by atoms with E-state index in [2.05, 4.69) is 5.32 Å². The third-order valence-corrected chi connectivity index (χ3v) is 2.77. The Morgan fingerprint density at radius 2 is 1.90 bits per heavy atom. The molecule has 1 rings (SSSR count). The van der Waals surface area contributed by atoms with E-state index >= 15 is 0 Å². The van der Waals surface area contributed by atoms with Crippen molar-refractivity contribution in [3.05, 3.63) is 35.1 Å². The minimum Gasteiger partial charge on any atom is -0.377 e. The number of benzene rings is 1. The number of rotatable bonds is 4. The Kier molecular flexibility index (Phi) is 4.75. The molecule has 0 saturated heterocycles. The summed E-state index contributed by atoms with van der Waals surface area (Å²) in [5.41, 5.74) is -2.42. The van der Waals surface area contributed by atoms with Gasteiger partial charge in [0.25, 0.3) is 5.91 Å². The SMILES string of the molecule is COC(C)(C)CNC(=O)c1cc(C(F)(F)F)ccc1F. The maximum atomic E-state index is 13.5. The third kappa shape index (κ3) is 4.19. The largest absolute Gasteiger partial charge is 0.416 e. The van der Waals surface area contributed by atoms with Crippen LogP contribution in [0.4, 0.5) is 17.6 Å². The Morgan fingerprint density at radius 1 is 1.30 bits per heavy atom. The quantitative estimate of drug-likeness (QED) is 0.867. The Labute approximate surface area is 113 Å². The molecule has 0 aliphatic rings. The third-order valence-electron chi connectivity index (χ3n) is 2.77. The zero-order chi connectivity index (χ0) is 15.6. The van der Waals surface area contributed by atoms with Crippen molar-refractivity contribution >= 4 is 5.91 Å². The first-order chi connectivity index (χ1) is 9.07. The number of carbonyl (C=O) groups is 1. The molecule has 0 atom stereocenters. The van der Waals surface area contributed by atoms with Crippen LogP contribution in [0.5, 0.6) is 0 Å². The molecule has 0 spiro atoms. The summed E-state index contributed by atoms with van der Waals surface area (Å²) in [4.78, 5) is 11.7. The van der Waals surface area contributed by atoms with Crippen molar-refractivity contribution in [3.8, 4) is 0 Å². The summed E-state index contributed by atoms with van der Waals surface area (Å²) in [6.07, 6.45) is -4.63. The summed E-state index contributed by atoms with van der Waals surface area (Å²) in [5, 5.41) is 2.34. The van der Waals surface area contributed by atoms with Gasteiger partial charge in [0.15, 0.2) is 0 Å². The minimum absolute atomic E-state index is 0.0397. The van der Waals surface area contributed by atoms with Crippen molar-refractivity contribution in [1.82, 2.24) is 5.32 Å². The van der Waals surface area contributed by atoms with Crippen LogP contribution in [0.25, 0.3) is 0 Å². The van der Waals surface area contributed by atoms with Gasteiger partial charge in [0, 0.05) is 13.7 Å². The standard InChI is InChI=1S/C13H15F4NO2/c1-12(2,20-3)7-18-11(19)9-6-8(13(15,16)17)4-5-10(9)14/h4-6H,7H2,1-3H3,(H,18,19). The number of amides is 1. The molecule has 0 unspecified atom stereocenters. The van der Waals surface area contributed by atoms with Crippen LogP contribution in [0, 0.1) is 5.82 Å². The van der Waals surface area contributed by atoms with E-state index in [4.69, 9.17) is 4.74 Å². The van der Waals surface area contributed by atoms with Gasteiger partial charge in [-0.25, -0.2) is 4.39 Å². The Hall–Kier alpha value is -1.63. The summed E-state index contributed by atoms with van der Waals surface area (Å²) < 4.78 is 56.0. The van der Waals surface area contributed by atoms with Gasteiger partial charge in [0.1, 0.15) is 5.82 Å². The van der Waals surface area contributed by atoms with E-state index in [0.29, 0.717) is 18.2 Å². The highest BCUT2D eigenvalue weighted by Crippen LogP contribution is 2.30. The molecule has 1 N–H and O–H groups in total. The lowest BCUT2D eigenvalue weighted by Crippen LogP contribution is -2.40. The molecule has 0 heterocycles. The van der Waals surface area contributed by atoms with E-state index in [1.54, 1.807) is 13.8 Å². The molecule has 3 nitrogen and oxygen atoms in total. The molecule has 0 radical (unpaired) electrons. The van der Waals surface area contributed by atoms with Gasteiger partial charge in [0.05, 0.1) is 16.7 Å². The molecular weight excluding hydrogens is 278 g/mol. The first kappa shape index (κ1) is 16.4. The van der Waals surface area contributed by atoms with Crippen LogP contribution < -0.4 is 5.32 Å². The number of hydrogen-bond acceptors (Lipinski definition) is 2. The molecule has 20 heavy (non-hydrogen) atoms. The molecule has 0 aliphatic heterocycles. The molecule has 0 aromatic heterocycles. The van der Waals surface area contributed by atoms with Crippen LogP contribution in [-0.2, 0) is 10.9 Å². The van der Waals surface area contributed by atoms with Crippen LogP contribution in [0.3, 0.4) is 0 Å². The smallest absolute Gasteiger partial charge is 0.377 e. The Bertz CT molecular complexity index is 498. The monoisotopic (exact) mass is 293 g/mol. The average Bonchev–Trinajstić information content (AvgIpc) is 2.35. The fourth-order valence-corrected chi connectivity index (χ4v) is 1.34. The zero-order valence-corrected chi connectivity index (χ0v) is 11.3. The van der Waals surface area contributed by atoms with Gasteiger partial charge in [-0.1, -0.05) is 0 Å². The lowest BCUT2D eigenvalue weighted by molar-refractivity contribution is -0.137. The lowest BCUT2D eigenvalue weighted by atomic mass is 10.1. The van der Waals surface area contributed by atoms with Gasteiger partial charge in [-0.15, -0.1) is 0 Å². The maximum Gasteiger partial charge on any atom is 0.416 e. The van der Waals surface area contributed by atoms with Crippen molar-refractivity contribution in [2.75, 3.05) is 13.7 Å². The van der Waals surface area contributed by atoms with E-state index in [9.17, 15) is 22.4 Å². The fourth-order valence-electron chi connectivity index (χ4n) is 1.34. The molecule has 1 amide bonds. The maximum absolute atomic E-state index is 13.5. The molecule has 0 aliphatic carbocycles. The predicted molar refractivity (Wildman–Crippen MR) is 64.8 cm³/mol. The Morgan fingerprint density at radius 3 is 2.40 bits per heavy atom. The van der Waals surface area contributed by atoms with Gasteiger partial charge in [-0.05, 0) is 32.0 Å². The molecule has 0 saturated carbocycles. The highest BCUT2D eigenvalue weighted by Gasteiger charge is 2.32. The minimum atomic E-state index is -4.63. The predicted octanol–water partition coefficient (Wildman–Crippen LogP) is 3.00. The fraction of sp³-hybridized carbons (Fsp3) is 0.462. The lowest BCUT2D eigenvalue weighted by Gasteiger charge is -2.23. The second kappa shape index (κ2) is 5.78. The molecular formula is C13H15F4NO2. The van der Waals surface area contributed by atoms with Crippen molar-refractivity contribution in [1.29, 1.82) is 0 Å². The molecule has 0 bridgehead atoms. The summed E-state index contributed by atoms with van der Waals surface area (Å²) in [7, 11) is 1.43. The highest BCUT2D eigenvalue weighted by molar-refractivity contribution is 5.94. The number of nitrogens with one attached hydrogen (secondary N) is 1. The molecule has 1 aromatic rings. The number of halogens is 4. The zero-order valence-electron chi connectivity index (χ0n) is 11.3. The van der Waals surface area contributed by atoms with Gasteiger partial charge >= 0.3 is 6.18 Å². The van der Waals surface area contributed by atoms with E-state index in [-0.39, 0.29) is 6.54 Å². The van der Waals surface area contributed by atoms with Crippen LogP contribution >= 0.6 is 0 Å². The van der Waals surface area contributed by atoms with E-state index in [1.807, 2.05) is 0 Å². The molecule has 1 aromatic carbocycles.